The minimum absolute atomic E-state index is 0.0111. The second-order valence-electron chi connectivity index (χ2n) is 3.99. The summed E-state index contributed by atoms with van der Waals surface area (Å²) < 4.78 is 0. The van der Waals surface area contributed by atoms with Gasteiger partial charge in [-0.1, -0.05) is 12.2 Å². The van der Waals surface area contributed by atoms with Gasteiger partial charge in [-0.05, 0) is 37.3 Å². The van der Waals surface area contributed by atoms with Gasteiger partial charge in [0, 0.05) is 24.0 Å². The molecule has 18 heavy (non-hydrogen) atoms. The zero-order valence-electron chi connectivity index (χ0n) is 10.1. The van der Waals surface area contributed by atoms with Gasteiger partial charge in [0.1, 0.15) is 0 Å². The molecule has 2 rings (SSSR count). The van der Waals surface area contributed by atoms with Gasteiger partial charge in [-0.25, -0.2) is 4.79 Å². The molecule has 4 heteroatoms. The molecule has 92 valence electrons. The van der Waals surface area contributed by atoms with E-state index in [1.807, 2.05) is 18.2 Å². The Morgan fingerprint density at radius 3 is 2.44 bits per heavy atom. The highest BCUT2D eigenvalue weighted by molar-refractivity contribution is 5.95. The van der Waals surface area contributed by atoms with Crippen molar-refractivity contribution in [1.82, 2.24) is 4.90 Å². The quantitative estimate of drug-likeness (QED) is 0.811. The van der Waals surface area contributed by atoms with Crippen molar-refractivity contribution < 1.29 is 9.59 Å². The highest BCUT2D eigenvalue weighted by Gasteiger charge is 2.10. The molecular formula is C14H14N2O2. The third kappa shape index (κ3) is 2.85. The fourth-order valence-electron chi connectivity index (χ4n) is 1.60. The summed E-state index contributed by atoms with van der Waals surface area (Å²) in [4.78, 5) is 24.5. The van der Waals surface area contributed by atoms with Crippen LogP contribution in [0, 0.1) is 0 Å². The summed E-state index contributed by atoms with van der Waals surface area (Å²) in [5, 5.41) is 2.77. The van der Waals surface area contributed by atoms with Gasteiger partial charge in [-0.2, -0.15) is 0 Å². The molecule has 1 aliphatic heterocycles. The van der Waals surface area contributed by atoms with Crippen LogP contribution in [0.3, 0.4) is 0 Å². The molecule has 0 aliphatic carbocycles. The molecule has 0 saturated carbocycles. The molecular weight excluding hydrogens is 228 g/mol. The highest BCUT2D eigenvalue weighted by atomic mass is 16.2. The van der Waals surface area contributed by atoms with Gasteiger partial charge in [-0.3, -0.25) is 9.69 Å². The van der Waals surface area contributed by atoms with E-state index in [0.717, 1.165) is 0 Å². The number of anilines is 1. The van der Waals surface area contributed by atoms with Crippen molar-refractivity contribution >= 4 is 17.5 Å². The molecule has 0 unspecified atom stereocenters. The molecule has 1 N–H and O–H groups in total. The molecule has 1 aromatic carbocycles. The smallest absolute Gasteiger partial charge is 0.308 e. The minimum atomic E-state index is -0.189. The Hall–Kier alpha value is -2.36. The lowest BCUT2D eigenvalue weighted by Crippen LogP contribution is -2.31. The minimum Gasteiger partial charge on any atom is -0.308 e. The first-order valence-corrected chi connectivity index (χ1v) is 5.69. The fraction of sp³-hybridized carbons (Fsp3) is 0.143. The van der Waals surface area contributed by atoms with Crippen molar-refractivity contribution in [3.05, 3.63) is 54.3 Å². The Balaban J connectivity index is 2.01. The van der Waals surface area contributed by atoms with E-state index in [9.17, 15) is 9.59 Å². The Bertz CT molecular complexity index is 515. The molecule has 1 heterocycles. The normalized spacial score (nSPS) is 13.5. The second kappa shape index (κ2) is 5.31. The molecule has 0 atom stereocenters. The van der Waals surface area contributed by atoms with Crippen molar-refractivity contribution in [2.45, 2.75) is 6.92 Å². The van der Waals surface area contributed by atoms with Crippen molar-refractivity contribution in [3.63, 3.8) is 0 Å². The summed E-state index contributed by atoms with van der Waals surface area (Å²) >= 11 is 0. The lowest BCUT2D eigenvalue weighted by Gasteiger charge is -2.19. The summed E-state index contributed by atoms with van der Waals surface area (Å²) in [6.45, 7) is 2.08. The SMILES string of the molecule is CC(=O)c1ccc(NC(=O)N2C=CC=CC2)cc1. The van der Waals surface area contributed by atoms with Crippen LogP contribution in [0.5, 0.6) is 0 Å². The van der Waals surface area contributed by atoms with Crippen molar-refractivity contribution in [2.24, 2.45) is 0 Å². The van der Waals surface area contributed by atoms with E-state index >= 15 is 0 Å². The lowest BCUT2D eigenvalue weighted by molar-refractivity contribution is 0.101. The van der Waals surface area contributed by atoms with Crippen LogP contribution < -0.4 is 5.32 Å². The zero-order chi connectivity index (χ0) is 13.0. The highest BCUT2D eigenvalue weighted by Crippen LogP contribution is 2.11. The number of urea groups is 1. The van der Waals surface area contributed by atoms with Gasteiger partial charge in [0.05, 0.1) is 0 Å². The summed E-state index contributed by atoms with van der Waals surface area (Å²) in [5.74, 6) is 0.0111. The van der Waals surface area contributed by atoms with Crippen LogP contribution in [0.25, 0.3) is 0 Å². The third-order valence-corrected chi connectivity index (χ3v) is 2.62. The van der Waals surface area contributed by atoms with E-state index in [1.54, 1.807) is 35.4 Å². The average Bonchev–Trinajstić information content (AvgIpc) is 2.40. The molecule has 2 amide bonds. The summed E-state index contributed by atoms with van der Waals surface area (Å²) in [7, 11) is 0. The van der Waals surface area contributed by atoms with Gasteiger partial charge in [0.25, 0.3) is 0 Å². The Morgan fingerprint density at radius 2 is 1.89 bits per heavy atom. The summed E-state index contributed by atoms with van der Waals surface area (Å²) in [6, 6.07) is 6.65. The molecule has 0 spiro atoms. The molecule has 1 aromatic rings. The number of nitrogens with zero attached hydrogens (tertiary/aromatic N) is 1. The standard InChI is InChI=1S/C14H14N2O2/c1-11(17)12-5-7-13(8-6-12)15-14(18)16-9-3-2-4-10-16/h2-9H,10H2,1H3,(H,15,18). The van der Waals surface area contributed by atoms with Crippen LogP contribution in [0.1, 0.15) is 17.3 Å². The van der Waals surface area contributed by atoms with Gasteiger partial charge in [0.2, 0.25) is 0 Å². The molecule has 0 saturated heterocycles. The number of allylic oxidation sites excluding steroid dienone is 2. The molecule has 0 fully saturated rings. The monoisotopic (exact) mass is 242 g/mol. The van der Waals surface area contributed by atoms with E-state index in [1.165, 1.54) is 6.92 Å². The number of Topliss-reactive ketones (excluding diaryl/α,β-unsaturated/α-hetero) is 1. The van der Waals surface area contributed by atoms with Gasteiger partial charge < -0.3 is 5.32 Å². The van der Waals surface area contributed by atoms with Crippen LogP contribution >= 0.6 is 0 Å². The first kappa shape index (κ1) is 12.1. The topological polar surface area (TPSA) is 49.4 Å². The number of carbonyl (C=O) groups is 2. The van der Waals surface area contributed by atoms with E-state index < -0.39 is 0 Å². The van der Waals surface area contributed by atoms with Crippen molar-refractivity contribution in [2.75, 3.05) is 11.9 Å². The van der Waals surface area contributed by atoms with Gasteiger partial charge in [0.15, 0.2) is 5.78 Å². The number of ketones is 1. The first-order chi connectivity index (χ1) is 8.66. The van der Waals surface area contributed by atoms with Crippen molar-refractivity contribution in [1.29, 1.82) is 0 Å². The lowest BCUT2D eigenvalue weighted by atomic mass is 10.1. The Kier molecular flexibility index (Phi) is 3.57. The third-order valence-electron chi connectivity index (χ3n) is 2.62. The first-order valence-electron chi connectivity index (χ1n) is 5.69. The van der Waals surface area contributed by atoms with E-state index in [2.05, 4.69) is 5.32 Å². The molecule has 0 aromatic heterocycles. The maximum absolute atomic E-state index is 11.8. The number of carbonyl (C=O) groups excluding carboxylic acids is 2. The van der Waals surface area contributed by atoms with Crippen LogP contribution in [0.2, 0.25) is 0 Å². The van der Waals surface area contributed by atoms with E-state index in [-0.39, 0.29) is 11.8 Å². The predicted octanol–water partition coefficient (Wildman–Crippen LogP) is 2.81. The zero-order valence-corrected chi connectivity index (χ0v) is 10.1. The van der Waals surface area contributed by atoms with Crippen molar-refractivity contribution in [3.8, 4) is 0 Å². The molecule has 0 bridgehead atoms. The number of hydrogen-bond donors (Lipinski definition) is 1. The number of hydrogen-bond acceptors (Lipinski definition) is 2. The largest absolute Gasteiger partial charge is 0.326 e. The van der Waals surface area contributed by atoms with Gasteiger partial charge >= 0.3 is 6.03 Å². The fourth-order valence-corrected chi connectivity index (χ4v) is 1.60. The molecule has 0 radical (unpaired) electrons. The van der Waals surface area contributed by atoms with Crippen LogP contribution in [-0.4, -0.2) is 23.3 Å². The Labute approximate surface area is 106 Å². The van der Waals surface area contributed by atoms with Crippen LogP contribution in [0.15, 0.2) is 48.7 Å². The Morgan fingerprint density at radius 1 is 1.17 bits per heavy atom. The average molecular weight is 242 g/mol. The number of amides is 2. The van der Waals surface area contributed by atoms with Crippen LogP contribution in [0.4, 0.5) is 10.5 Å². The maximum atomic E-state index is 11.8. The van der Waals surface area contributed by atoms with Gasteiger partial charge in [-0.15, -0.1) is 0 Å². The molecule has 4 nitrogen and oxygen atoms in total. The molecule has 1 aliphatic rings. The summed E-state index contributed by atoms with van der Waals surface area (Å²) in [5.41, 5.74) is 1.31. The second-order valence-corrected chi connectivity index (χ2v) is 3.99. The summed E-state index contributed by atoms with van der Waals surface area (Å²) in [6.07, 6.45) is 7.32. The maximum Gasteiger partial charge on any atom is 0.326 e. The predicted molar refractivity (Wildman–Crippen MR) is 70.5 cm³/mol. The van der Waals surface area contributed by atoms with E-state index in [0.29, 0.717) is 17.8 Å². The number of benzene rings is 1. The number of nitrogens with one attached hydrogen (secondary N) is 1. The van der Waals surface area contributed by atoms with E-state index in [4.69, 9.17) is 0 Å². The van der Waals surface area contributed by atoms with Crippen LogP contribution in [-0.2, 0) is 0 Å². The number of rotatable bonds is 2.